The molecule has 4 rings (SSSR count). The predicted molar refractivity (Wildman–Crippen MR) is 119 cm³/mol. The first-order chi connectivity index (χ1) is 15.1. The van der Waals surface area contributed by atoms with Crippen LogP contribution >= 0.6 is 0 Å². The van der Waals surface area contributed by atoms with Gasteiger partial charge in [0.15, 0.2) is 0 Å². The van der Waals surface area contributed by atoms with Gasteiger partial charge in [-0.3, -0.25) is 9.69 Å². The van der Waals surface area contributed by atoms with Crippen molar-refractivity contribution in [3.05, 3.63) is 71.3 Å². The molecule has 0 unspecified atom stereocenters. The maximum absolute atomic E-state index is 13.5. The van der Waals surface area contributed by atoms with Crippen LogP contribution in [0.25, 0.3) is 0 Å². The molecule has 0 bridgehead atoms. The number of carbonyl (C=O) groups is 1. The fourth-order valence-corrected chi connectivity index (χ4v) is 5.39. The van der Waals surface area contributed by atoms with Gasteiger partial charge in [-0.1, -0.05) is 37.6 Å². The predicted octanol–water partition coefficient (Wildman–Crippen LogP) is 5.21. The van der Waals surface area contributed by atoms with Crippen molar-refractivity contribution < 1.29 is 13.6 Å². The minimum atomic E-state index is -0.255. The highest BCUT2D eigenvalue weighted by atomic mass is 19.1. The second-order valence-electron chi connectivity index (χ2n) is 8.88. The summed E-state index contributed by atoms with van der Waals surface area (Å²) in [5, 5.41) is 0. The molecule has 0 radical (unpaired) electrons. The number of hydrogen-bond donors (Lipinski definition) is 0. The second-order valence-corrected chi connectivity index (χ2v) is 8.88. The number of rotatable bonds is 5. The van der Waals surface area contributed by atoms with Crippen LogP contribution in [0.4, 0.5) is 8.78 Å². The summed E-state index contributed by atoms with van der Waals surface area (Å²) in [4.78, 5) is 17.6. The molecular weight excluding hydrogens is 394 g/mol. The van der Waals surface area contributed by atoms with Gasteiger partial charge in [0.2, 0.25) is 5.91 Å². The molecule has 2 fully saturated rings. The van der Waals surface area contributed by atoms with E-state index in [0.29, 0.717) is 5.92 Å². The fraction of sp³-hybridized carbons (Fsp3) is 0.500. The lowest BCUT2D eigenvalue weighted by atomic mass is 9.76. The van der Waals surface area contributed by atoms with E-state index in [2.05, 4.69) is 11.8 Å². The van der Waals surface area contributed by atoms with Gasteiger partial charge in [0.05, 0.1) is 6.04 Å². The number of carbonyl (C=O) groups excluding carboxylic acids is 1. The van der Waals surface area contributed by atoms with Crippen molar-refractivity contribution in [2.75, 3.05) is 26.2 Å². The van der Waals surface area contributed by atoms with Crippen molar-refractivity contribution in [3.63, 3.8) is 0 Å². The zero-order chi connectivity index (χ0) is 21.8. The highest BCUT2D eigenvalue weighted by Gasteiger charge is 2.35. The van der Waals surface area contributed by atoms with Gasteiger partial charge in [0.25, 0.3) is 0 Å². The summed E-state index contributed by atoms with van der Waals surface area (Å²) in [5.74, 6) is 0.166. The summed E-state index contributed by atoms with van der Waals surface area (Å²) in [6.45, 7) is 5.56. The Labute approximate surface area is 184 Å². The maximum atomic E-state index is 13.5. The highest BCUT2D eigenvalue weighted by Crippen LogP contribution is 2.38. The molecule has 2 aromatic rings. The largest absolute Gasteiger partial charge is 0.341 e. The first-order valence-corrected chi connectivity index (χ1v) is 11.6. The van der Waals surface area contributed by atoms with E-state index in [1.165, 1.54) is 30.7 Å². The minimum Gasteiger partial charge on any atom is -0.341 e. The number of likely N-dealkylation sites (tertiary alicyclic amines) is 2. The van der Waals surface area contributed by atoms with E-state index in [-0.39, 0.29) is 29.5 Å². The number of halogens is 2. The van der Waals surface area contributed by atoms with Crippen molar-refractivity contribution >= 4 is 5.91 Å². The van der Waals surface area contributed by atoms with Crippen molar-refractivity contribution in [1.29, 1.82) is 0 Å². The molecule has 0 N–H and O–H groups in total. The summed E-state index contributed by atoms with van der Waals surface area (Å²) in [7, 11) is 0. The molecule has 0 aromatic heterocycles. The molecule has 2 heterocycles. The maximum Gasteiger partial charge on any atom is 0.239 e. The minimum absolute atomic E-state index is 0.0281. The van der Waals surface area contributed by atoms with Crippen molar-refractivity contribution in [2.24, 2.45) is 5.92 Å². The number of benzene rings is 2. The molecule has 166 valence electrons. The summed E-state index contributed by atoms with van der Waals surface area (Å²) < 4.78 is 27.1. The molecule has 0 spiro atoms. The number of likely N-dealkylation sites (N-methyl/N-ethyl adjacent to an activating group) is 1. The Morgan fingerprint density at radius 3 is 1.94 bits per heavy atom. The van der Waals surface area contributed by atoms with Crippen molar-refractivity contribution in [3.8, 4) is 0 Å². The van der Waals surface area contributed by atoms with Gasteiger partial charge in [-0.25, -0.2) is 8.78 Å². The summed E-state index contributed by atoms with van der Waals surface area (Å²) in [6.07, 6.45) is 5.05. The van der Waals surface area contributed by atoms with Crippen LogP contribution < -0.4 is 0 Å². The number of hydrogen-bond acceptors (Lipinski definition) is 2. The lowest BCUT2D eigenvalue weighted by Crippen LogP contribution is -2.52. The van der Waals surface area contributed by atoms with Gasteiger partial charge < -0.3 is 4.90 Å². The Bertz CT molecular complexity index is 814. The molecule has 5 heteroatoms. The fourth-order valence-electron chi connectivity index (χ4n) is 5.39. The zero-order valence-electron chi connectivity index (χ0n) is 18.3. The van der Waals surface area contributed by atoms with Crippen LogP contribution in [0.15, 0.2) is 48.5 Å². The Morgan fingerprint density at radius 1 is 0.871 bits per heavy atom. The van der Waals surface area contributed by atoms with E-state index in [1.54, 1.807) is 0 Å². The summed E-state index contributed by atoms with van der Waals surface area (Å²) >= 11 is 0. The standard InChI is InChI=1S/C26H32F2N2O/c1-2-29-16-4-3-5-24(29)26(31)30-17-14-21(15-18-30)25(19-6-10-22(27)11-7-19)20-8-12-23(28)13-9-20/h6-13,21,24-25H,2-5,14-18H2,1H3/t24-/m1/s1. The van der Waals surface area contributed by atoms with Crippen molar-refractivity contribution in [1.82, 2.24) is 9.80 Å². The Hall–Kier alpha value is -2.27. The Balaban J connectivity index is 1.49. The average Bonchev–Trinajstić information content (AvgIpc) is 2.81. The van der Waals surface area contributed by atoms with E-state index in [4.69, 9.17) is 0 Å². The van der Waals surface area contributed by atoms with Gasteiger partial charge in [-0.15, -0.1) is 0 Å². The molecular formula is C26H32F2N2O. The quantitative estimate of drug-likeness (QED) is 0.655. The third-order valence-electron chi connectivity index (χ3n) is 7.09. The van der Waals surface area contributed by atoms with Gasteiger partial charge in [0.1, 0.15) is 11.6 Å². The third-order valence-corrected chi connectivity index (χ3v) is 7.09. The van der Waals surface area contributed by atoms with Gasteiger partial charge in [-0.05, 0) is 80.1 Å². The number of nitrogens with zero attached hydrogens (tertiary/aromatic N) is 2. The van der Waals surface area contributed by atoms with E-state index in [0.717, 1.165) is 63.0 Å². The second kappa shape index (κ2) is 9.90. The molecule has 31 heavy (non-hydrogen) atoms. The zero-order valence-corrected chi connectivity index (χ0v) is 18.3. The molecule has 2 aliphatic rings. The monoisotopic (exact) mass is 426 g/mol. The van der Waals surface area contributed by atoms with Gasteiger partial charge >= 0.3 is 0 Å². The van der Waals surface area contributed by atoms with Gasteiger partial charge in [-0.2, -0.15) is 0 Å². The average molecular weight is 427 g/mol. The molecule has 2 saturated heterocycles. The van der Waals surface area contributed by atoms with Gasteiger partial charge in [0, 0.05) is 19.0 Å². The molecule has 1 amide bonds. The van der Waals surface area contributed by atoms with Crippen LogP contribution in [0.1, 0.15) is 56.1 Å². The topological polar surface area (TPSA) is 23.6 Å². The normalized spacial score (nSPS) is 20.9. The van der Waals surface area contributed by atoms with Crippen LogP contribution in [0.2, 0.25) is 0 Å². The summed E-state index contributed by atoms with van der Waals surface area (Å²) in [6, 6.07) is 13.3. The van der Waals surface area contributed by atoms with E-state index < -0.39 is 0 Å². The summed E-state index contributed by atoms with van der Waals surface area (Å²) in [5.41, 5.74) is 2.09. The molecule has 3 nitrogen and oxygen atoms in total. The number of amides is 1. The Kier molecular flexibility index (Phi) is 7.01. The molecule has 2 aromatic carbocycles. The first-order valence-electron chi connectivity index (χ1n) is 11.6. The molecule has 1 atom stereocenters. The highest BCUT2D eigenvalue weighted by molar-refractivity contribution is 5.82. The van der Waals surface area contributed by atoms with Crippen LogP contribution in [0.3, 0.4) is 0 Å². The smallest absolute Gasteiger partial charge is 0.239 e. The lowest BCUT2D eigenvalue weighted by Gasteiger charge is -2.41. The lowest BCUT2D eigenvalue weighted by molar-refractivity contribution is -0.139. The van der Waals surface area contributed by atoms with E-state index >= 15 is 0 Å². The van der Waals surface area contributed by atoms with E-state index in [9.17, 15) is 13.6 Å². The molecule has 0 aliphatic carbocycles. The first kappa shape index (κ1) is 21.9. The van der Waals surface area contributed by atoms with Crippen LogP contribution in [-0.2, 0) is 4.79 Å². The molecule has 0 saturated carbocycles. The van der Waals surface area contributed by atoms with Crippen molar-refractivity contribution in [2.45, 2.75) is 51.0 Å². The third kappa shape index (κ3) is 4.98. The van der Waals surface area contributed by atoms with Crippen LogP contribution in [0.5, 0.6) is 0 Å². The SMILES string of the molecule is CCN1CCCC[C@@H]1C(=O)N1CCC(C(c2ccc(F)cc2)c2ccc(F)cc2)CC1. The van der Waals surface area contributed by atoms with Crippen LogP contribution in [0, 0.1) is 17.6 Å². The van der Waals surface area contributed by atoms with Crippen LogP contribution in [-0.4, -0.2) is 47.9 Å². The molecule has 2 aliphatic heterocycles. The Morgan fingerprint density at radius 2 is 1.42 bits per heavy atom. The number of piperidine rings is 2. The van der Waals surface area contributed by atoms with E-state index in [1.807, 2.05) is 29.2 Å².